The lowest BCUT2D eigenvalue weighted by atomic mass is 10.1. The predicted molar refractivity (Wildman–Crippen MR) is 105 cm³/mol. The molecule has 0 saturated heterocycles. The molecule has 0 radical (unpaired) electrons. The Hall–Kier alpha value is -2.93. The second-order valence-electron chi connectivity index (χ2n) is 7.03. The van der Waals surface area contributed by atoms with Gasteiger partial charge in [0.1, 0.15) is 31.1 Å². The Kier molecular flexibility index (Phi) is 7.52. The van der Waals surface area contributed by atoms with E-state index in [0.717, 1.165) is 5.56 Å². The van der Waals surface area contributed by atoms with Gasteiger partial charge in [-0.2, -0.15) is 5.26 Å². The Bertz CT molecular complexity index is 804. The van der Waals surface area contributed by atoms with Crippen molar-refractivity contribution in [2.45, 2.75) is 32.4 Å². The number of nitrogens with zero attached hydrogens (tertiary/aromatic N) is 3. The van der Waals surface area contributed by atoms with E-state index in [1.54, 1.807) is 24.3 Å². The third kappa shape index (κ3) is 6.66. The van der Waals surface area contributed by atoms with Crippen LogP contribution in [0.1, 0.15) is 25.0 Å². The minimum Gasteiger partial charge on any atom is -0.489 e. The molecule has 28 heavy (non-hydrogen) atoms. The van der Waals surface area contributed by atoms with Crippen LogP contribution < -0.4 is 26.1 Å². The van der Waals surface area contributed by atoms with Crippen LogP contribution in [0.4, 0.5) is 5.82 Å². The second-order valence-corrected chi connectivity index (χ2v) is 7.03. The lowest BCUT2D eigenvalue weighted by molar-refractivity contribution is 0.0921. The van der Waals surface area contributed by atoms with Crippen LogP contribution in [0.3, 0.4) is 0 Å². The van der Waals surface area contributed by atoms with Crippen molar-refractivity contribution in [3.8, 4) is 17.7 Å². The molecule has 9 heteroatoms. The van der Waals surface area contributed by atoms with Crippen molar-refractivity contribution in [2.24, 2.45) is 5.84 Å². The average Bonchev–Trinajstić information content (AvgIpc) is 2.70. The van der Waals surface area contributed by atoms with Crippen LogP contribution in [-0.4, -0.2) is 46.7 Å². The first-order valence-corrected chi connectivity index (χ1v) is 8.83. The lowest BCUT2D eigenvalue weighted by Gasteiger charge is -2.27. The summed E-state index contributed by atoms with van der Waals surface area (Å²) in [6.07, 6.45) is -0.749. The summed E-state index contributed by atoms with van der Waals surface area (Å²) < 4.78 is 11.2. The van der Waals surface area contributed by atoms with Gasteiger partial charge in [-0.1, -0.05) is 6.07 Å². The minimum absolute atomic E-state index is 0.0705. The standard InChI is InChI=1S/C19H26N6O3/c1-13-4-5-14(9-20)16(8-13)27-11-15(26)10-22-19(2,3)12-28-18-7-6-17(23-21)24-25-18/h4-8,15,22,26H,10-12,21H2,1-3H3,(H,23,24). The maximum absolute atomic E-state index is 10.2. The van der Waals surface area contributed by atoms with Gasteiger partial charge in [-0.25, -0.2) is 5.84 Å². The van der Waals surface area contributed by atoms with Crippen LogP contribution in [0, 0.1) is 18.3 Å². The molecule has 0 aliphatic carbocycles. The SMILES string of the molecule is Cc1ccc(C#N)c(OCC(O)CNC(C)(C)COc2ccc(NN)nn2)c1. The van der Waals surface area contributed by atoms with Crippen LogP contribution in [0.15, 0.2) is 30.3 Å². The zero-order valence-electron chi connectivity index (χ0n) is 16.3. The van der Waals surface area contributed by atoms with E-state index in [1.165, 1.54) is 0 Å². The fraction of sp³-hybridized carbons (Fsp3) is 0.421. The van der Waals surface area contributed by atoms with Gasteiger partial charge in [-0.15, -0.1) is 10.2 Å². The normalized spacial score (nSPS) is 12.1. The molecule has 5 N–H and O–H groups in total. The monoisotopic (exact) mass is 386 g/mol. The van der Waals surface area contributed by atoms with E-state index in [0.29, 0.717) is 36.2 Å². The van der Waals surface area contributed by atoms with E-state index in [9.17, 15) is 5.11 Å². The third-order valence-electron chi connectivity index (χ3n) is 3.87. The van der Waals surface area contributed by atoms with Crippen molar-refractivity contribution in [3.63, 3.8) is 0 Å². The zero-order chi connectivity index (χ0) is 20.6. The maximum Gasteiger partial charge on any atom is 0.233 e. The summed E-state index contributed by atoms with van der Waals surface area (Å²) in [5, 5.41) is 30.3. The number of nitrogen functional groups attached to an aromatic ring is 1. The largest absolute Gasteiger partial charge is 0.489 e. The van der Waals surface area contributed by atoms with Gasteiger partial charge >= 0.3 is 0 Å². The molecule has 150 valence electrons. The molecule has 0 bridgehead atoms. The molecule has 1 unspecified atom stereocenters. The first kappa shape index (κ1) is 21.4. The molecule has 1 aromatic heterocycles. The molecule has 9 nitrogen and oxygen atoms in total. The van der Waals surface area contributed by atoms with Gasteiger partial charge in [-0.3, -0.25) is 0 Å². The number of aryl methyl sites for hydroxylation is 1. The van der Waals surface area contributed by atoms with Crippen LogP contribution in [0.25, 0.3) is 0 Å². The fourth-order valence-corrected chi connectivity index (χ4v) is 2.26. The van der Waals surface area contributed by atoms with Crippen molar-refractivity contribution in [2.75, 3.05) is 25.2 Å². The molecule has 1 atom stereocenters. The molecule has 0 fully saturated rings. The van der Waals surface area contributed by atoms with Crippen LogP contribution in [0.2, 0.25) is 0 Å². The van der Waals surface area contributed by atoms with Crippen molar-refractivity contribution in [3.05, 3.63) is 41.5 Å². The number of β-amino-alcohol motifs (C(OH)–C–C–N with tert-alkyl or cyclic N) is 1. The quantitative estimate of drug-likeness (QED) is 0.349. The number of aliphatic hydroxyl groups excluding tert-OH is 1. The van der Waals surface area contributed by atoms with Gasteiger partial charge in [0.05, 0.1) is 5.56 Å². The molecule has 0 saturated carbocycles. The molecule has 0 amide bonds. The van der Waals surface area contributed by atoms with Gasteiger partial charge in [0.25, 0.3) is 0 Å². The molecular weight excluding hydrogens is 360 g/mol. The molecule has 1 heterocycles. The number of rotatable bonds is 10. The molecule has 0 aliphatic rings. The van der Waals surface area contributed by atoms with Crippen molar-refractivity contribution >= 4 is 5.82 Å². The number of hydrogen-bond acceptors (Lipinski definition) is 9. The highest BCUT2D eigenvalue weighted by Gasteiger charge is 2.20. The molecular formula is C19H26N6O3. The zero-order valence-corrected chi connectivity index (χ0v) is 16.3. The Morgan fingerprint density at radius 3 is 2.68 bits per heavy atom. The fourth-order valence-electron chi connectivity index (χ4n) is 2.26. The first-order valence-electron chi connectivity index (χ1n) is 8.83. The molecule has 0 spiro atoms. The predicted octanol–water partition coefficient (Wildman–Crippen LogP) is 1.13. The Labute approximate surface area is 164 Å². The van der Waals surface area contributed by atoms with E-state index in [4.69, 9.17) is 20.6 Å². The number of anilines is 1. The summed E-state index contributed by atoms with van der Waals surface area (Å²) in [7, 11) is 0. The Morgan fingerprint density at radius 2 is 2.04 bits per heavy atom. The number of nitrogens with one attached hydrogen (secondary N) is 2. The van der Waals surface area contributed by atoms with E-state index >= 15 is 0 Å². The summed E-state index contributed by atoms with van der Waals surface area (Å²) in [6.45, 7) is 6.49. The number of hydrazine groups is 1. The summed E-state index contributed by atoms with van der Waals surface area (Å²) >= 11 is 0. The van der Waals surface area contributed by atoms with Gasteiger partial charge in [0.2, 0.25) is 5.88 Å². The third-order valence-corrected chi connectivity index (χ3v) is 3.87. The van der Waals surface area contributed by atoms with Gasteiger partial charge in [0.15, 0.2) is 5.82 Å². The molecule has 0 aliphatic heterocycles. The first-order chi connectivity index (χ1) is 13.3. The van der Waals surface area contributed by atoms with Crippen LogP contribution in [-0.2, 0) is 0 Å². The van der Waals surface area contributed by atoms with Crippen LogP contribution in [0.5, 0.6) is 11.6 Å². The topological polar surface area (TPSA) is 138 Å². The van der Waals surface area contributed by atoms with E-state index in [1.807, 2.05) is 26.8 Å². The highest BCUT2D eigenvalue weighted by atomic mass is 16.5. The number of nitrogens with two attached hydrogens (primary N) is 1. The van der Waals surface area contributed by atoms with Crippen LogP contribution >= 0.6 is 0 Å². The summed E-state index contributed by atoms with van der Waals surface area (Å²) in [4.78, 5) is 0. The average molecular weight is 386 g/mol. The molecule has 2 aromatic rings. The molecule has 2 rings (SSSR count). The second kappa shape index (κ2) is 9.85. The number of benzene rings is 1. The van der Waals surface area contributed by atoms with Gasteiger partial charge in [-0.05, 0) is 44.5 Å². The van der Waals surface area contributed by atoms with E-state index in [2.05, 4.69) is 27.0 Å². The molecule has 1 aromatic carbocycles. The van der Waals surface area contributed by atoms with Crippen molar-refractivity contribution in [1.82, 2.24) is 15.5 Å². The smallest absolute Gasteiger partial charge is 0.233 e. The summed E-state index contributed by atoms with van der Waals surface area (Å²) in [6, 6.07) is 10.7. The van der Waals surface area contributed by atoms with Crippen molar-refractivity contribution in [1.29, 1.82) is 5.26 Å². The minimum atomic E-state index is -0.749. The number of nitriles is 1. The van der Waals surface area contributed by atoms with E-state index < -0.39 is 11.6 Å². The van der Waals surface area contributed by atoms with E-state index in [-0.39, 0.29) is 6.61 Å². The number of aliphatic hydroxyl groups is 1. The highest BCUT2D eigenvalue weighted by molar-refractivity contribution is 5.45. The number of hydrogen-bond donors (Lipinski definition) is 4. The van der Waals surface area contributed by atoms with Gasteiger partial charge < -0.3 is 25.3 Å². The van der Waals surface area contributed by atoms with Crippen molar-refractivity contribution < 1.29 is 14.6 Å². The maximum atomic E-state index is 10.2. The summed E-state index contributed by atoms with van der Waals surface area (Å²) in [5.74, 6) is 6.54. The summed E-state index contributed by atoms with van der Waals surface area (Å²) in [5.41, 5.74) is 3.40. The lowest BCUT2D eigenvalue weighted by Crippen LogP contribution is -2.48. The van der Waals surface area contributed by atoms with Gasteiger partial charge in [0, 0.05) is 18.2 Å². The Morgan fingerprint density at radius 1 is 1.25 bits per heavy atom. The number of aromatic nitrogens is 2. The highest BCUT2D eigenvalue weighted by Crippen LogP contribution is 2.19. The number of ether oxygens (including phenoxy) is 2. The Balaban J connectivity index is 1.78.